The van der Waals surface area contributed by atoms with Crippen LogP contribution in [0.1, 0.15) is 34.1 Å². The highest BCUT2D eigenvalue weighted by atomic mass is 16.5. The number of anilines is 1. The number of hydrogen-bond donors (Lipinski definition) is 1. The van der Waals surface area contributed by atoms with Crippen LogP contribution in [-0.4, -0.2) is 22.0 Å². The van der Waals surface area contributed by atoms with Gasteiger partial charge in [-0.1, -0.05) is 77.5 Å². The van der Waals surface area contributed by atoms with Gasteiger partial charge in [0.05, 0.1) is 11.6 Å². The first-order valence-electron chi connectivity index (χ1n) is 11.5. The summed E-state index contributed by atoms with van der Waals surface area (Å²) in [6, 6.07) is 24.7. The van der Waals surface area contributed by atoms with Gasteiger partial charge in [0, 0.05) is 11.6 Å². The molecule has 36 heavy (non-hydrogen) atoms. The van der Waals surface area contributed by atoms with E-state index in [1.54, 1.807) is 49.4 Å². The fourth-order valence-electron chi connectivity index (χ4n) is 4.21. The predicted octanol–water partition coefficient (Wildman–Crippen LogP) is 5.50. The van der Waals surface area contributed by atoms with E-state index in [2.05, 4.69) is 5.16 Å². The number of ether oxygens (including phenoxy) is 1. The maximum Gasteiger partial charge on any atom is 0.301 e. The number of benzene rings is 3. The van der Waals surface area contributed by atoms with Crippen LogP contribution in [0, 0.1) is 13.8 Å². The van der Waals surface area contributed by atoms with Crippen LogP contribution in [0.5, 0.6) is 5.75 Å². The zero-order chi connectivity index (χ0) is 25.2. The Morgan fingerprint density at radius 3 is 2.31 bits per heavy atom. The lowest BCUT2D eigenvalue weighted by atomic mass is 9.95. The molecule has 1 aliphatic heterocycles. The molecule has 0 bridgehead atoms. The van der Waals surface area contributed by atoms with Crippen molar-refractivity contribution in [3.8, 4) is 5.75 Å². The molecule has 7 heteroatoms. The van der Waals surface area contributed by atoms with Crippen LogP contribution in [-0.2, 0) is 16.2 Å². The van der Waals surface area contributed by atoms with Gasteiger partial charge in [0.15, 0.2) is 5.82 Å². The van der Waals surface area contributed by atoms with E-state index < -0.39 is 17.7 Å². The molecule has 7 nitrogen and oxygen atoms in total. The van der Waals surface area contributed by atoms with Gasteiger partial charge in [0.2, 0.25) is 0 Å². The minimum Gasteiger partial charge on any atom is -0.507 e. The number of aryl methyl sites for hydroxylation is 2. The first-order valence-corrected chi connectivity index (χ1v) is 11.5. The van der Waals surface area contributed by atoms with Crippen molar-refractivity contribution in [1.82, 2.24) is 5.16 Å². The Bertz CT molecular complexity index is 1440. The molecule has 0 radical (unpaired) electrons. The number of nitrogens with zero attached hydrogens (tertiary/aromatic N) is 2. The molecule has 180 valence electrons. The Morgan fingerprint density at radius 1 is 0.972 bits per heavy atom. The zero-order valence-corrected chi connectivity index (χ0v) is 19.8. The number of ketones is 1. The van der Waals surface area contributed by atoms with E-state index in [0.717, 1.165) is 11.1 Å². The number of aliphatic hydroxyl groups is 1. The van der Waals surface area contributed by atoms with E-state index >= 15 is 0 Å². The highest BCUT2D eigenvalue weighted by Gasteiger charge is 2.48. The van der Waals surface area contributed by atoms with Crippen LogP contribution in [0.4, 0.5) is 5.82 Å². The van der Waals surface area contributed by atoms with Crippen molar-refractivity contribution >= 4 is 23.3 Å². The summed E-state index contributed by atoms with van der Waals surface area (Å²) < 4.78 is 11.1. The molecule has 1 aromatic heterocycles. The second-order valence-corrected chi connectivity index (χ2v) is 8.67. The zero-order valence-electron chi connectivity index (χ0n) is 19.8. The normalized spacial score (nSPS) is 16.9. The van der Waals surface area contributed by atoms with Crippen molar-refractivity contribution < 1.29 is 24.0 Å². The van der Waals surface area contributed by atoms with E-state index in [1.165, 1.54) is 4.90 Å². The van der Waals surface area contributed by atoms with Gasteiger partial charge in [-0.25, -0.2) is 0 Å². The van der Waals surface area contributed by atoms with Crippen molar-refractivity contribution in [2.24, 2.45) is 0 Å². The van der Waals surface area contributed by atoms with Crippen LogP contribution in [0.15, 0.2) is 95.0 Å². The molecule has 5 rings (SSSR count). The summed E-state index contributed by atoms with van der Waals surface area (Å²) in [5.74, 6) is -0.490. The third kappa shape index (κ3) is 4.38. The lowest BCUT2D eigenvalue weighted by Gasteiger charge is -2.23. The van der Waals surface area contributed by atoms with E-state index in [-0.39, 0.29) is 17.2 Å². The summed E-state index contributed by atoms with van der Waals surface area (Å²) in [6.45, 7) is 4.04. The number of carbonyl (C=O) groups excluding carboxylic acids is 2. The smallest absolute Gasteiger partial charge is 0.301 e. The largest absolute Gasteiger partial charge is 0.507 e. The van der Waals surface area contributed by atoms with Crippen molar-refractivity contribution in [3.63, 3.8) is 0 Å². The Kier molecular flexibility index (Phi) is 6.12. The van der Waals surface area contributed by atoms with Crippen molar-refractivity contribution in [2.75, 3.05) is 4.90 Å². The molecule has 3 aromatic carbocycles. The minimum atomic E-state index is -0.890. The standard InChI is InChI=1S/C29H24N2O5/c1-18-8-10-22(11-9-18)27(32)25-26(31(29(34)28(25)33)24-16-19(2)36-30-24)21-12-14-23(15-13-21)35-17-20-6-4-3-5-7-20/h3-16,26,32H,17H2,1-2H3/b27-25+. The van der Waals surface area contributed by atoms with Gasteiger partial charge in [0.25, 0.3) is 5.78 Å². The van der Waals surface area contributed by atoms with E-state index in [0.29, 0.717) is 29.2 Å². The van der Waals surface area contributed by atoms with Crippen LogP contribution in [0.2, 0.25) is 0 Å². The molecule has 1 amide bonds. The molecule has 1 fully saturated rings. The summed E-state index contributed by atoms with van der Waals surface area (Å²) in [7, 11) is 0. The monoisotopic (exact) mass is 480 g/mol. The maximum atomic E-state index is 13.2. The van der Waals surface area contributed by atoms with Crippen LogP contribution in [0.25, 0.3) is 5.76 Å². The number of rotatable bonds is 6. The molecule has 1 saturated heterocycles. The number of hydrogen-bond acceptors (Lipinski definition) is 6. The summed E-state index contributed by atoms with van der Waals surface area (Å²) >= 11 is 0. The number of amides is 1. The van der Waals surface area contributed by atoms with Crippen LogP contribution >= 0.6 is 0 Å². The first kappa shape index (κ1) is 23.1. The van der Waals surface area contributed by atoms with Gasteiger partial charge >= 0.3 is 5.91 Å². The molecule has 2 heterocycles. The number of aliphatic hydroxyl groups excluding tert-OH is 1. The van der Waals surface area contributed by atoms with E-state index in [9.17, 15) is 14.7 Å². The minimum absolute atomic E-state index is 0.0116. The molecule has 1 unspecified atom stereocenters. The second kappa shape index (κ2) is 9.54. The third-order valence-corrected chi connectivity index (χ3v) is 6.08. The van der Waals surface area contributed by atoms with Crippen molar-refractivity contribution in [1.29, 1.82) is 0 Å². The lowest BCUT2D eigenvalue weighted by molar-refractivity contribution is -0.132. The number of aromatic nitrogens is 1. The molecular formula is C29H24N2O5. The number of Topliss-reactive ketones (excluding diaryl/α,β-unsaturated/α-hetero) is 1. The molecule has 0 aliphatic carbocycles. The highest BCUT2D eigenvalue weighted by Crippen LogP contribution is 2.42. The summed E-state index contributed by atoms with van der Waals surface area (Å²) in [5, 5.41) is 15.1. The predicted molar refractivity (Wildman–Crippen MR) is 134 cm³/mol. The third-order valence-electron chi connectivity index (χ3n) is 6.08. The summed E-state index contributed by atoms with van der Waals surface area (Å²) in [4.78, 5) is 27.6. The Balaban J connectivity index is 1.54. The van der Waals surface area contributed by atoms with Gasteiger partial charge < -0.3 is 14.4 Å². The van der Waals surface area contributed by atoms with Gasteiger partial charge in [-0.15, -0.1) is 0 Å². The van der Waals surface area contributed by atoms with Crippen molar-refractivity contribution in [3.05, 3.63) is 119 Å². The second-order valence-electron chi connectivity index (χ2n) is 8.67. The lowest BCUT2D eigenvalue weighted by Crippen LogP contribution is -2.29. The summed E-state index contributed by atoms with van der Waals surface area (Å²) in [5.41, 5.74) is 3.10. The SMILES string of the molecule is Cc1ccc(/C(O)=C2\C(=O)C(=O)N(c3cc(C)on3)C2c2ccc(OCc3ccccc3)cc2)cc1. The van der Waals surface area contributed by atoms with Gasteiger partial charge in [-0.3, -0.25) is 14.5 Å². The molecule has 0 saturated carbocycles. The Hall–Kier alpha value is -4.65. The maximum absolute atomic E-state index is 13.2. The average molecular weight is 481 g/mol. The molecule has 1 atom stereocenters. The molecular weight excluding hydrogens is 456 g/mol. The number of carbonyl (C=O) groups is 2. The molecule has 1 N–H and O–H groups in total. The highest BCUT2D eigenvalue weighted by molar-refractivity contribution is 6.51. The molecule has 1 aliphatic rings. The Morgan fingerprint density at radius 2 is 1.67 bits per heavy atom. The fraction of sp³-hybridized carbons (Fsp3) is 0.138. The average Bonchev–Trinajstić information content (AvgIpc) is 3.44. The van der Waals surface area contributed by atoms with Gasteiger partial charge in [0.1, 0.15) is 23.9 Å². The summed E-state index contributed by atoms with van der Waals surface area (Å²) in [6.07, 6.45) is 0. The Labute approximate surface area is 208 Å². The van der Waals surface area contributed by atoms with E-state index in [4.69, 9.17) is 9.26 Å². The van der Waals surface area contributed by atoms with Gasteiger partial charge in [-0.2, -0.15) is 0 Å². The first-order chi connectivity index (χ1) is 17.4. The molecule has 4 aromatic rings. The quantitative estimate of drug-likeness (QED) is 0.223. The van der Waals surface area contributed by atoms with Crippen molar-refractivity contribution in [2.45, 2.75) is 26.5 Å². The van der Waals surface area contributed by atoms with E-state index in [1.807, 2.05) is 49.4 Å². The fourth-order valence-corrected chi connectivity index (χ4v) is 4.21. The topological polar surface area (TPSA) is 92.9 Å². The van der Waals surface area contributed by atoms with Crippen LogP contribution < -0.4 is 9.64 Å². The van der Waals surface area contributed by atoms with Crippen LogP contribution in [0.3, 0.4) is 0 Å². The molecule has 0 spiro atoms. The van der Waals surface area contributed by atoms with Gasteiger partial charge in [-0.05, 0) is 37.1 Å².